The Balaban J connectivity index is 2.10. The smallest absolute Gasteiger partial charge is 0.229 e. The highest BCUT2D eigenvalue weighted by molar-refractivity contribution is 6.35. The highest BCUT2D eigenvalue weighted by atomic mass is 35.5. The lowest BCUT2D eigenvalue weighted by atomic mass is 10.0. The number of halogens is 2. The fourth-order valence-corrected chi connectivity index (χ4v) is 2.14. The van der Waals surface area contributed by atoms with Gasteiger partial charge in [0.1, 0.15) is 0 Å². The van der Waals surface area contributed by atoms with E-state index in [1.54, 1.807) is 19.1 Å². The third kappa shape index (κ3) is 3.93. The van der Waals surface area contributed by atoms with E-state index in [0.717, 1.165) is 5.56 Å². The van der Waals surface area contributed by atoms with Crippen LogP contribution in [-0.2, 0) is 12.8 Å². The van der Waals surface area contributed by atoms with Gasteiger partial charge in [-0.3, -0.25) is 0 Å². The van der Waals surface area contributed by atoms with Gasteiger partial charge in [-0.15, -0.1) is 0 Å². The normalized spacial score (nSPS) is 14.2. The van der Waals surface area contributed by atoms with Gasteiger partial charge in [-0.2, -0.15) is 4.98 Å². The zero-order chi connectivity index (χ0) is 14.8. The van der Waals surface area contributed by atoms with E-state index in [9.17, 15) is 5.11 Å². The van der Waals surface area contributed by atoms with Gasteiger partial charge in [-0.1, -0.05) is 34.4 Å². The zero-order valence-electron chi connectivity index (χ0n) is 10.9. The molecule has 0 aliphatic heterocycles. The van der Waals surface area contributed by atoms with Gasteiger partial charge >= 0.3 is 0 Å². The number of nitrogens with zero attached hydrogens (tertiary/aromatic N) is 2. The summed E-state index contributed by atoms with van der Waals surface area (Å²) in [6.07, 6.45) is 0.648. The fourth-order valence-electron chi connectivity index (χ4n) is 1.67. The molecule has 3 N–H and O–H groups in total. The van der Waals surface area contributed by atoms with Gasteiger partial charge in [0.15, 0.2) is 5.82 Å². The lowest BCUT2D eigenvalue weighted by Crippen LogP contribution is -2.36. The first kappa shape index (κ1) is 15.3. The summed E-state index contributed by atoms with van der Waals surface area (Å²) >= 11 is 11.9. The Morgan fingerprint density at radius 1 is 1.40 bits per heavy atom. The molecule has 5 nitrogen and oxygen atoms in total. The summed E-state index contributed by atoms with van der Waals surface area (Å²) in [5.74, 6) is 0.845. The molecular formula is C13H15Cl2N3O2. The number of hydrogen-bond acceptors (Lipinski definition) is 5. The molecule has 0 saturated carbocycles. The van der Waals surface area contributed by atoms with E-state index in [1.807, 2.05) is 6.07 Å². The van der Waals surface area contributed by atoms with Crippen LogP contribution in [-0.4, -0.2) is 27.4 Å². The maximum absolute atomic E-state index is 9.86. The Morgan fingerprint density at radius 2 is 2.15 bits per heavy atom. The number of aromatic nitrogens is 2. The van der Waals surface area contributed by atoms with Crippen LogP contribution in [0.5, 0.6) is 0 Å². The predicted molar refractivity (Wildman–Crippen MR) is 76.9 cm³/mol. The molecule has 1 aromatic carbocycles. The van der Waals surface area contributed by atoms with Crippen molar-refractivity contribution >= 4 is 23.2 Å². The van der Waals surface area contributed by atoms with Crippen molar-refractivity contribution in [2.45, 2.75) is 25.4 Å². The number of aliphatic hydroxyl groups is 1. The number of rotatable bonds is 5. The first-order valence-corrected chi connectivity index (χ1v) is 6.83. The van der Waals surface area contributed by atoms with E-state index in [2.05, 4.69) is 10.1 Å². The van der Waals surface area contributed by atoms with Crippen molar-refractivity contribution in [3.63, 3.8) is 0 Å². The van der Waals surface area contributed by atoms with Crippen LogP contribution in [0.25, 0.3) is 0 Å². The topological polar surface area (TPSA) is 85.2 Å². The molecule has 0 saturated heterocycles. The second-order valence-electron chi connectivity index (χ2n) is 4.89. The molecule has 108 valence electrons. The molecule has 0 spiro atoms. The van der Waals surface area contributed by atoms with Crippen LogP contribution in [0.15, 0.2) is 22.7 Å². The van der Waals surface area contributed by atoms with Crippen molar-refractivity contribution < 1.29 is 9.63 Å². The summed E-state index contributed by atoms with van der Waals surface area (Å²) in [7, 11) is 0. The summed E-state index contributed by atoms with van der Waals surface area (Å²) < 4.78 is 5.09. The summed E-state index contributed by atoms with van der Waals surface area (Å²) in [4.78, 5) is 4.22. The third-order valence-corrected chi connectivity index (χ3v) is 3.43. The van der Waals surface area contributed by atoms with Crippen LogP contribution in [0, 0.1) is 0 Å². The largest absolute Gasteiger partial charge is 0.388 e. The summed E-state index contributed by atoms with van der Waals surface area (Å²) in [6, 6.07) is 5.23. The predicted octanol–water partition coefficient (Wildman–Crippen LogP) is 2.22. The summed E-state index contributed by atoms with van der Waals surface area (Å²) in [5.41, 5.74) is 5.25. The Kier molecular flexibility index (Phi) is 4.65. The van der Waals surface area contributed by atoms with E-state index in [-0.39, 0.29) is 13.0 Å². The minimum absolute atomic E-state index is 0.119. The Hall–Kier alpha value is -1.14. The first-order chi connectivity index (χ1) is 9.39. The van der Waals surface area contributed by atoms with Gasteiger partial charge in [0, 0.05) is 23.0 Å². The molecule has 0 bridgehead atoms. The quantitative estimate of drug-likeness (QED) is 0.883. The van der Waals surface area contributed by atoms with Gasteiger partial charge < -0.3 is 15.4 Å². The van der Waals surface area contributed by atoms with Crippen molar-refractivity contribution in [2.75, 3.05) is 6.54 Å². The average molecular weight is 316 g/mol. The molecule has 0 fully saturated rings. The lowest BCUT2D eigenvalue weighted by molar-refractivity contribution is 0.0610. The van der Waals surface area contributed by atoms with Crippen LogP contribution in [0.2, 0.25) is 10.0 Å². The van der Waals surface area contributed by atoms with Crippen LogP contribution in [0.4, 0.5) is 0 Å². The monoisotopic (exact) mass is 315 g/mol. The number of benzene rings is 1. The highest BCUT2D eigenvalue weighted by Gasteiger charge is 2.22. The second kappa shape index (κ2) is 6.10. The first-order valence-electron chi connectivity index (χ1n) is 6.07. The maximum atomic E-state index is 9.86. The molecule has 0 amide bonds. The number of nitrogens with two attached hydrogens (primary N) is 1. The van der Waals surface area contributed by atoms with Crippen LogP contribution in [0.1, 0.15) is 24.2 Å². The Bertz CT molecular complexity index is 599. The van der Waals surface area contributed by atoms with Gasteiger partial charge in [0.25, 0.3) is 0 Å². The molecule has 2 aromatic rings. The fraction of sp³-hybridized carbons (Fsp3) is 0.385. The molecule has 20 heavy (non-hydrogen) atoms. The zero-order valence-corrected chi connectivity index (χ0v) is 12.4. The van der Waals surface area contributed by atoms with Gasteiger partial charge in [0.05, 0.1) is 12.0 Å². The molecule has 7 heteroatoms. The highest BCUT2D eigenvalue weighted by Crippen LogP contribution is 2.23. The third-order valence-electron chi connectivity index (χ3n) is 2.85. The SMILES string of the molecule is CC(O)(CN)Cc1nc(Cc2ccc(Cl)cc2Cl)no1. The minimum Gasteiger partial charge on any atom is -0.388 e. The molecule has 1 atom stereocenters. The molecule has 0 radical (unpaired) electrons. The van der Waals surface area contributed by atoms with Crippen molar-refractivity contribution in [2.24, 2.45) is 5.73 Å². The molecule has 2 rings (SSSR count). The molecule has 0 aliphatic carbocycles. The lowest BCUT2D eigenvalue weighted by Gasteiger charge is -2.17. The van der Waals surface area contributed by atoms with E-state index in [1.165, 1.54) is 0 Å². The average Bonchev–Trinajstić information content (AvgIpc) is 2.79. The summed E-state index contributed by atoms with van der Waals surface area (Å²) in [5, 5.41) is 14.9. The van der Waals surface area contributed by atoms with E-state index in [4.69, 9.17) is 33.5 Å². The van der Waals surface area contributed by atoms with Crippen LogP contribution >= 0.6 is 23.2 Å². The van der Waals surface area contributed by atoms with Crippen molar-refractivity contribution in [3.05, 3.63) is 45.5 Å². The second-order valence-corrected chi connectivity index (χ2v) is 5.74. The van der Waals surface area contributed by atoms with Gasteiger partial charge in [-0.25, -0.2) is 0 Å². The molecule has 0 aliphatic rings. The number of hydrogen-bond donors (Lipinski definition) is 2. The Labute approximate surface area is 126 Å². The van der Waals surface area contributed by atoms with E-state index < -0.39 is 5.60 Å². The molecular weight excluding hydrogens is 301 g/mol. The van der Waals surface area contributed by atoms with E-state index in [0.29, 0.717) is 28.2 Å². The van der Waals surface area contributed by atoms with Crippen molar-refractivity contribution in [3.8, 4) is 0 Å². The van der Waals surface area contributed by atoms with Crippen molar-refractivity contribution in [1.29, 1.82) is 0 Å². The standard InChI is InChI=1S/C13H15Cl2N3O2/c1-13(19,7-16)6-12-17-11(18-20-12)4-8-2-3-9(14)5-10(8)15/h2-3,5,19H,4,6-7,16H2,1H3. The minimum atomic E-state index is -1.05. The van der Waals surface area contributed by atoms with Gasteiger partial charge in [0.2, 0.25) is 5.89 Å². The molecule has 1 heterocycles. The van der Waals surface area contributed by atoms with Crippen LogP contribution in [0.3, 0.4) is 0 Å². The van der Waals surface area contributed by atoms with E-state index >= 15 is 0 Å². The maximum Gasteiger partial charge on any atom is 0.229 e. The molecule has 1 aromatic heterocycles. The molecule has 1 unspecified atom stereocenters. The summed E-state index contributed by atoms with van der Waals surface area (Å²) in [6.45, 7) is 1.74. The Morgan fingerprint density at radius 3 is 2.80 bits per heavy atom. The van der Waals surface area contributed by atoms with Crippen molar-refractivity contribution in [1.82, 2.24) is 10.1 Å². The van der Waals surface area contributed by atoms with Crippen LogP contribution < -0.4 is 5.73 Å². The van der Waals surface area contributed by atoms with Gasteiger partial charge in [-0.05, 0) is 24.6 Å².